The lowest BCUT2D eigenvalue weighted by Crippen LogP contribution is -2.17. The van der Waals surface area contributed by atoms with Gasteiger partial charge >= 0.3 is 0 Å². The molecule has 8 nitrogen and oxygen atoms in total. The van der Waals surface area contributed by atoms with Crippen LogP contribution in [0.15, 0.2) is 41.5 Å². The number of aryl methyl sites for hydroxylation is 1. The fourth-order valence-electron chi connectivity index (χ4n) is 2.06. The summed E-state index contributed by atoms with van der Waals surface area (Å²) in [6, 6.07) is 8.83. The Bertz CT molecular complexity index is 833. The lowest BCUT2D eigenvalue weighted by atomic mass is 10.1. The first-order valence-corrected chi connectivity index (χ1v) is 7.46. The molecule has 8 heteroatoms. The molecule has 0 saturated carbocycles. The van der Waals surface area contributed by atoms with Gasteiger partial charge in [0.2, 0.25) is 0 Å². The van der Waals surface area contributed by atoms with Gasteiger partial charge in [0, 0.05) is 17.2 Å². The summed E-state index contributed by atoms with van der Waals surface area (Å²) >= 11 is 0. The molecule has 0 atom stereocenters. The van der Waals surface area contributed by atoms with E-state index in [9.17, 15) is 20.0 Å². The minimum Gasteiger partial charge on any atom is -0.504 e. The first-order valence-electron chi connectivity index (χ1n) is 7.46. The first-order chi connectivity index (χ1) is 11.9. The van der Waals surface area contributed by atoms with Gasteiger partial charge in [-0.3, -0.25) is 14.9 Å². The number of phenols is 1. The maximum atomic E-state index is 12.0. The number of carbonyl (C=O) groups is 1. The molecule has 0 radical (unpaired) electrons. The van der Waals surface area contributed by atoms with Gasteiger partial charge in [0.15, 0.2) is 11.5 Å². The highest BCUT2D eigenvalue weighted by molar-refractivity contribution is 5.95. The molecule has 2 N–H and O–H groups in total. The van der Waals surface area contributed by atoms with Crippen LogP contribution in [0.5, 0.6) is 11.5 Å². The van der Waals surface area contributed by atoms with Crippen LogP contribution >= 0.6 is 0 Å². The Kier molecular flexibility index (Phi) is 5.67. The van der Waals surface area contributed by atoms with Gasteiger partial charge in [-0.1, -0.05) is 6.07 Å². The zero-order valence-corrected chi connectivity index (χ0v) is 13.7. The third-order valence-electron chi connectivity index (χ3n) is 3.33. The van der Waals surface area contributed by atoms with Crippen molar-refractivity contribution in [1.29, 1.82) is 0 Å². The van der Waals surface area contributed by atoms with Gasteiger partial charge in [-0.25, -0.2) is 5.43 Å². The zero-order valence-electron chi connectivity index (χ0n) is 13.7. The second-order valence-corrected chi connectivity index (χ2v) is 5.12. The summed E-state index contributed by atoms with van der Waals surface area (Å²) in [5.74, 6) is -0.245. The van der Waals surface area contributed by atoms with Gasteiger partial charge in [-0.15, -0.1) is 0 Å². The van der Waals surface area contributed by atoms with Crippen molar-refractivity contribution < 1.29 is 19.6 Å². The van der Waals surface area contributed by atoms with Gasteiger partial charge in [0.05, 0.1) is 17.7 Å². The van der Waals surface area contributed by atoms with Crippen LogP contribution in [0, 0.1) is 17.0 Å². The number of aromatic hydroxyl groups is 1. The van der Waals surface area contributed by atoms with Crippen molar-refractivity contribution in [3.63, 3.8) is 0 Å². The van der Waals surface area contributed by atoms with Crippen molar-refractivity contribution in [2.75, 3.05) is 6.61 Å². The average Bonchev–Trinajstić information content (AvgIpc) is 2.58. The van der Waals surface area contributed by atoms with Gasteiger partial charge in [0.25, 0.3) is 11.6 Å². The fourth-order valence-corrected chi connectivity index (χ4v) is 2.06. The number of carbonyl (C=O) groups excluding carboxylic acids is 1. The minimum atomic E-state index is -0.567. The van der Waals surface area contributed by atoms with Crippen LogP contribution in [-0.4, -0.2) is 28.8 Å². The molecule has 0 spiro atoms. The van der Waals surface area contributed by atoms with E-state index in [1.807, 2.05) is 0 Å². The number of hydrogen-bond acceptors (Lipinski definition) is 6. The summed E-state index contributed by atoms with van der Waals surface area (Å²) in [6.07, 6.45) is 1.38. The van der Waals surface area contributed by atoms with Crippen molar-refractivity contribution >= 4 is 17.8 Å². The molecule has 0 bridgehead atoms. The molecule has 0 aromatic heterocycles. The lowest BCUT2D eigenvalue weighted by Gasteiger charge is -2.06. The second-order valence-electron chi connectivity index (χ2n) is 5.12. The molecular formula is C17H17N3O5. The third kappa shape index (κ3) is 4.54. The number of rotatable bonds is 6. The fraction of sp³-hybridized carbons (Fsp3) is 0.176. The molecular weight excluding hydrogens is 326 g/mol. The van der Waals surface area contributed by atoms with Crippen molar-refractivity contribution in [2.45, 2.75) is 13.8 Å². The van der Waals surface area contributed by atoms with E-state index in [0.29, 0.717) is 23.5 Å². The summed E-state index contributed by atoms with van der Waals surface area (Å²) in [6.45, 7) is 3.79. The Balaban J connectivity index is 2.09. The van der Waals surface area contributed by atoms with Crippen molar-refractivity contribution in [3.05, 3.63) is 63.2 Å². The van der Waals surface area contributed by atoms with Crippen LogP contribution in [0.25, 0.3) is 0 Å². The molecule has 0 aliphatic heterocycles. The van der Waals surface area contributed by atoms with Crippen molar-refractivity contribution in [3.8, 4) is 11.5 Å². The van der Waals surface area contributed by atoms with Crippen LogP contribution in [0.1, 0.15) is 28.4 Å². The Hall–Kier alpha value is -3.42. The maximum absolute atomic E-state index is 12.0. The highest BCUT2D eigenvalue weighted by Crippen LogP contribution is 2.26. The summed E-state index contributed by atoms with van der Waals surface area (Å²) in [5.41, 5.74) is 3.39. The van der Waals surface area contributed by atoms with E-state index in [2.05, 4.69) is 10.5 Å². The van der Waals surface area contributed by atoms with Crippen LogP contribution in [0.2, 0.25) is 0 Å². The second kappa shape index (κ2) is 7.91. The van der Waals surface area contributed by atoms with E-state index in [1.54, 1.807) is 26.0 Å². The molecule has 2 aromatic carbocycles. The molecule has 1 amide bonds. The molecule has 0 fully saturated rings. The van der Waals surface area contributed by atoms with E-state index < -0.39 is 10.8 Å². The Morgan fingerprint density at radius 1 is 1.36 bits per heavy atom. The number of nitro benzene ring substituents is 1. The summed E-state index contributed by atoms with van der Waals surface area (Å²) < 4.78 is 5.26. The number of phenolic OH excluding ortho intramolecular Hbond substituents is 1. The number of ether oxygens (including phenoxy) is 1. The molecule has 0 saturated heterocycles. The molecule has 0 aliphatic rings. The standard InChI is InChI=1S/C17H17N3O5/c1-3-25-16-8-12(5-7-15(16)21)10-18-19-17(22)13-6-4-11(2)14(9-13)20(23)24/h4-10,21H,3H2,1-2H3,(H,19,22)/b18-10-. The van der Waals surface area contributed by atoms with Crippen LogP contribution < -0.4 is 10.2 Å². The monoisotopic (exact) mass is 343 g/mol. The average molecular weight is 343 g/mol. The molecule has 2 aromatic rings. The Morgan fingerprint density at radius 2 is 2.12 bits per heavy atom. The molecule has 0 unspecified atom stereocenters. The van der Waals surface area contributed by atoms with Crippen molar-refractivity contribution in [2.24, 2.45) is 5.10 Å². The summed E-state index contributed by atoms with van der Waals surface area (Å²) in [4.78, 5) is 22.4. The van der Waals surface area contributed by atoms with Crippen LogP contribution in [0.3, 0.4) is 0 Å². The molecule has 25 heavy (non-hydrogen) atoms. The minimum absolute atomic E-state index is 0.00926. The smallest absolute Gasteiger partial charge is 0.273 e. The summed E-state index contributed by atoms with van der Waals surface area (Å²) in [5, 5.41) is 24.4. The highest BCUT2D eigenvalue weighted by atomic mass is 16.6. The topological polar surface area (TPSA) is 114 Å². The van der Waals surface area contributed by atoms with Gasteiger partial charge in [-0.05, 0) is 43.7 Å². The number of nitrogens with zero attached hydrogens (tertiary/aromatic N) is 2. The van der Waals surface area contributed by atoms with Crippen LogP contribution in [-0.2, 0) is 0 Å². The predicted octanol–water partition coefficient (Wildman–Crippen LogP) is 2.77. The maximum Gasteiger partial charge on any atom is 0.273 e. The zero-order chi connectivity index (χ0) is 18.4. The third-order valence-corrected chi connectivity index (χ3v) is 3.33. The van der Waals surface area contributed by atoms with Gasteiger partial charge < -0.3 is 9.84 Å². The SMILES string of the molecule is CCOc1cc(/C=N\NC(=O)c2ccc(C)c([N+](=O)[O-])c2)ccc1O. The number of nitrogens with one attached hydrogen (secondary N) is 1. The van der Waals surface area contributed by atoms with Crippen LogP contribution in [0.4, 0.5) is 5.69 Å². The van der Waals surface area contributed by atoms with E-state index in [-0.39, 0.29) is 17.0 Å². The van der Waals surface area contributed by atoms with Gasteiger partial charge in [-0.2, -0.15) is 5.10 Å². The number of hydrogen-bond donors (Lipinski definition) is 2. The van der Waals surface area contributed by atoms with Crippen molar-refractivity contribution in [1.82, 2.24) is 5.43 Å². The number of amides is 1. The summed E-state index contributed by atoms with van der Waals surface area (Å²) in [7, 11) is 0. The number of benzene rings is 2. The molecule has 130 valence electrons. The number of hydrazone groups is 1. The Morgan fingerprint density at radius 3 is 2.80 bits per heavy atom. The quantitative estimate of drug-likeness (QED) is 0.475. The molecule has 0 heterocycles. The Labute approximate surface area is 143 Å². The molecule has 2 rings (SSSR count). The van der Waals surface area contributed by atoms with E-state index >= 15 is 0 Å². The normalized spacial score (nSPS) is 10.6. The van der Waals surface area contributed by atoms with E-state index in [1.165, 1.54) is 30.5 Å². The highest BCUT2D eigenvalue weighted by Gasteiger charge is 2.14. The van der Waals surface area contributed by atoms with E-state index in [0.717, 1.165) is 0 Å². The number of nitro groups is 1. The lowest BCUT2D eigenvalue weighted by molar-refractivity contribution is -0.385. The van der Waals surface area contributed by atoms with Gasteiger partial charge in [0.1, 0.15) is 0 Å². The predicted molar refractivity (Wildman–Crippen MR) is 92.2 cm³/mol. The largest absolute Gasteiger partial charge is 0.504 e. The van der Waals surface area contributed by atoms with E-state index in [4.69, 9.17) is 4.74 Å². The molecule has 0 aliphatic carbocycles. The first kappa shape index (κ1) is 17.9.